The number of ether oxygens (including phenoxy) is 4. The molecule has 2 heterocycles. The Morgan fingerprint density at radius 1 is 0.837 bits per heavy atom. The Morgan fingerprint density at radius 2 is 1.35 bits per heavy atom. The number of esters is 4. The number of benzene rings is 2. The number of nitrogens with one attached hydrogen (secondary N) is 1. The highest BCUT2D eigenvalue weighted by Crippen LogP contribution is 2.32. The van der Waals surface area contributed by atoms with Crippen LogP contribution in [0.15, 0.2) is 73.8 Å². The van der Waals surface area contributed by atoms with E-state index in [2.05, 4.69) is 27.9 Å². The highest BCUT2D eigenvalue weighted by molar-refractivity contribution is 7.99. The lowest BCUT2D eigenvalue weighted by molar-refractivity contribution is -0.153. The van der Waals surface area contributed by atoms with E-state index in [-0.39, 0.29) is 60.8 Å². The van der Waals surface area contributed by atoms with Crippen molar-refractivity contribution in [1.29, 1.82) is 0 Å². The smallest absolute Gasteiger partial charge is 0.374 e. The molecule has 14 heteroatoms. The molecule has 1 amide bonds. The van der Waals surface area contributed by atoms with Crippen molar-refractivity contribution in [3.8, 4) is 0 Å². The predicted molar refractivity (Wildman–Crippen MR) is 186 cm³/mol. The van der Waals surface area contributed by atoms with Crippen LogP contribution in [0.4, 0.5) is 0 Å². The van der Waals surface area contributed by atoms with Crippen LogP contribution in [0.3, 0.4) is 0 Å². The summed E-state index contributed by atoms with van der Waals surface area (Å²) in [7, 11) is 2.51. The van der Waals surface area contributed by atoms with Gasteiger partial charge in [0.05, 0.1) is 42.5 Å². The maximum atomic E-state index is 11.7. The Hall–Kier alpha value is -4.40. The zero-order chi connectivity index (χ0) is 35.8. The fourth-order valence-corrected chi connectivity index (χ4v) is 6.90. The summed E-state index contributed by atoms with van der Waals surface area (Å²) >= 11 is 3.30. The summed E-state index contributed by atoms with van der Waals surface area (Å²) in [5.74, 6) is -1.03. The van der Waals surface area contributed by atoms with Crippen molar-refractivity contribution in [3.63, 3.8) is 0 Å². The van der Waals surface area contributed by atoms with E-state index < -0.39 is 17.7 Å². The zero-order valence-corrected chi connectivity index (χ0v) is 29.1. The summed E-state index contributed by atoms with van der Waals surface area (Å²) < 4.78 is 18.9. The second-order valence-corrected chi connectivity index (χ2v) is 13.1. The van der Waals surface area contributed by atoms with E-state index in [4.69, 9.17) is 9.47 Å². The molecule has 2 fully saturated rings. The first-order chi connectivity index (χ1) is 23.6. The van der Waals surface area contributed by atoms with Crippen LogP contribution < -0.4 is 5.32 Å². The van der Waals surface area contributed by atoms with Crippen LogP contribution in [0.25, 0.3) is 0 Å². The minimum absolute atomic E-state index is 0.0128. The SMILES string of the molecule is C=CCOC(=O)c1ccc(CSC2CC(=O)N2CC(=O)OC)cc1.C=CCOC(=O)c1ccc(CSC2CC(CC(=O)C(=O)OC)N2)cc1. The topological polar surface area (TPSA) is 155 Å². The molecule has 1 N–H and O–H groups in total. The van der Waals surface area contributed by atoms with Gasteiger partial charge in [-0.25, -0.2) is 14.4 Å². The van der Waals surface area contributed by atoms with Crippen LogP contribution in [0, 0.1) is 0 Å². The molecule has 0 radical (unpaired) electrons. The molecule has 2 aromatic rings. The van der Waals surface area contributed by atoms with Gasteiger partial charge in [0.2, 0.25) is 11.7 Å². The number of carbonyl (C=O) groups is 6. The zero-order valence-electron chi connectivity index (χ0n) is 27.4. The first kappa shape index (κ1) is 39.0. The fraction of sp³-hybridized carbons (Fsp3) is 0.371. The van der Waals surface area contributed by atoms with Gasteiger partial charge in [-0.1, -0.05) is 49.6 Å². The monoisotopic (exact) mass is 712 g/mol. The van der Waals surface area contributed by atoms with Gasteiger partial charge < -0.3 is 29.2 Å². The normalized spacial score (nSPS) is 17.6. The van der Waals surface area contributed by atoms with E-state index in [0.29, 0.717) is 23.3 Å². The highest BCUT2D eigenvalue weighted by Gasteiger charge is 2.37. The number of hydrogen-bond donors (Lipinski definition) is 1. The Kier molecular flexibility index (Phi) is 16.1. The number of nitrogens with zero attached hydrogens (tertiary/aromatic N) is 1. The van der Waals surface area contributed by atoms with E-state index >= 15 is 0 Å². The molecule has 262 valence electrons. The molecule has 12 nitrogen and oxygen atoms in total. The highest BCUT2D eigenvalue weighted by atomic mass is 32.2. The average Bonchev–Trinajstić information content (AvgIpc) is 3.11. The van der Waals surface area contributed by atoms with Crippen molar-refractivity contribution in [2.75, 3.05) is 34.0 Å². The number of carbonyl (C=O) groups excluding carboxylic acids is 6. The summed E-state index contributed by atoms with van der Waals surface area (Å²) in [5, 5.41) is 3.50. The second-order valence-electron chi connectivity index (χ2n) is 10.8. The number of hydrogen-bond acceptors (Lipinski definition) is 13. The number of likely N-dealkylation sites (tertiary alicyclic amines) is 1. The second kappa shape index (κ2) is 20.2. The van der Waals surface area contributed by atoms with Gasteiger partial charge >= 0.3 is 23.9 Å². The number of amides is 1. The van der Waals surface area contributed by atoms with Crippen LogP contribution in [0.5, 0.6) is 0 Å². The lowest BCUT2D eigenvalue weighted by Gasteiger charge is -2.39. The molecule has 3 atom stereocenters. The molecule has 2 aliphatic heterocycles. The third kappa shape index (κ3) is 12.5. The number of Topliss-reactive ketones (excluding diaryl/α,β-unsaturated/α-hetero) is 1. The van der Waals surface area contributed by atoms with Gasteiger partial charge in [-0.3, -0.25) is 14.4 Å². The van der Waals surface area contributed by atoms with Crippen LogP contribution in [-0.4, -0.2) is 91.2 Å². The Bertz CT molecular complexity index is 1490. The third-order valence-electron chi connectivity index (χ3n) is 7.25. The molecule has 2 saturated heterocycles. The Labute approximate surface area is 293 Å². The summed E-state index contributed by atoms with van der Waals surface area (Å²) in [6.45, 7) is 7.36. The van der Waals surface area contributed by atoms with Crippen LogP contribution in [-0.2, 0) is 49.6 Å². The summed E-state index contributed by atoms with van der Waals surface area (Å²) in [6, 6.07) is 14.4. The van der Waals surface area contributed by atoms with Crippen LogP contribution >= 0.6 is 23.5 Å². The third-order valence-corrected chi connectivity index (χ3v) is 9.78. The molecule has 4 rings (SSSR count). The number of methoxy groups -OCH3 is 2. The lowest BCUT2D eigenvalue weighted by atomic mass is 10.0. The summed E-state index contributed by atoms with van der Waals surface area (Å²) in [6.07, 6.45) is 4.47. The van der Waals surface area contributed by atoms with E-state index in [1.807, 2.05) is 24.3 Å². The molecule has 0 bridgehead atoms. The number of thioether (sulfide) groups is 2. The molecule has 49 heavy (non-hydrogen) atoms. The lowest BCUT2D eigenvalue weighted by Crippen LogP contribution is -2.52. The quantitative estimate of drug-likeness (QED) is 0.0825. The van der Waals surface area contributed by atoms with E-state index in [1.165, 1.54) is 31.3 Å². The summed E-state index contributed by atoms with van der Waals surface area (Å²) in [5.41, 5.74) is 3.12. The predicted octanol–water partition coefficient (Wildman–Crippen LogP) is 4.08. The maximum Gasteiger partial charge on any atom is 0.374 e. The number of β-lactam (4-membered cyclic amide) rings is 1. The Morgan fingerprint density at radius 3 is 1.80 bits per heavy atom. The Balaban J connectivity index is 0.000000266. The average molecular weight is 713 g/mol. The first-order valence-corrected chi connectivity index (χ1v) is 17.4. The summed E-state index contributed by atoms with van der Waals surface area (Å²) in [4.78, 5) is 70.2. The molecule has 0 aromatic heterocycles. The molecule has 3 unspecified atom stereocenters. The van der Waals surface area contributed by atoms with Gasteiger partial charge in [0, 0.05) is 24.0 Å². The minimum Gasteiger partial charge on any atom is -0.468 e. The molecular weight excluding hydrogens is 673 g/mol. The molecule has 2 aliphatic rings. The maximum absolute atomic E-state index is 11.7. The standard InChI is InChI=1S/C18H21NO5S.C17H19NO5S/c1-3-8-24-17(21)13-6-4-12(5-7-13)11-25-16-10-14(19-16)9-15(20)18(22)23-2;1-3-8-23-17(21)13-6-4-12(5-7-13)11-24-15-9-14(19)18(15)10-16(20)22-2/h3-7,14,16,19H,1,8-11H2,2H3;3-7,15H,1,8-11H2,2H3. The van der Waals surface area contributed by atoms with Crippen molar-refractivity contribution in [3.05, 3.63) is 96.1 Å². The molecule has 2 aromatic carbocycles. The number of rotatable bonds is 17. The van der Waals surface area contributed by atoms with Crippen molar-refractivity contribution >= 4 is 59.1 Å². The van der Waals surface area contributed by atoms with Crippen LogP contribution in [0.2, 0.25) is 0 Å². The fourth-order valence-electron chi connectivity index (χ4n) is 4.44. The molecule has 0 aliphatic carbocycles. The number of ketones is 1. The largest absolute Gasteiger partial charge is 0.468 e. The van der Waals surface area contributed by atoms with Gasteiger partial charge in [-0.2, -0.15) is 0 Å². The molecule has 0 spiro atoms. The van der Waals surface area contributed by atoms with Crippen molar-refractivity contribution < 1.29 is 47.7 Å². The van der Waals surface area contributed by atoms with Gasteiger partial charge in [0.25, 0.3) is 0 Å². The molecular formula is C35H40N2O10S2. The van der Waals surface area contributed by atoms with E-state index in [0.717, 1.165) is 23.3 Å². The van der Waals surface area contributed by atoms with Crippen LogP contribution in [0.1, 0.15) is 51.1 Å². The van der Waals surface area contributed by atoms with Gasteiger partial charge in [-0.05, 0) is 41.8 Å². The first-order valence-electron chi connectivity index (χ1n) is 15.3. The van der Waals surface area contributed by atoms with Crippen molar-refractivity contribution in [2.45, 2.75) is 47.6 Å². The van der Waals surface area contributed by atoms with Gasteiger partial charge in [0.1, 0.15) is 19.8 Å². The molecule has 0 saturated carbocycles. The minimum atomic E-state index is -0.787. The van der Waals surface area contributed by atoms with E-state index in [1.54, 1.807) is 47.8 Å². The van der Waals surface area contributed by atoms with E-state index in [9.17, 15) is 28.8 Å². The van der Waals surface area contributed by atoms with Gasteiger partial charge in [0.15, 0.2) is 0 Å². The van der Waals surface area contributed by atoms with Gasteiger partial charge in [-0.15, -0.1) is 23.5 Å². The van der Waals surface area contributed by atoms with Crippen molar-refractivity contribution in [2.24, 2.45) is 0 Å². The van der Waals surface area contributed by atoms with Crippen molar-refractivity contribution in [1.82, 2.24) is 10.2 Å².